The van der Waals surface area contributed by atoms with Gasteiger partial charge in [-0.3, -0.25) is 4.90 Å². The van der Waals surface area contributed by atoms with Crippen LogP contribution in [-0.4, -0.2) is 17.9 Å². The van der Waals surface area contributed by atoms with E-state index in [4.69, 9.17) is 21.7 Å². The Morgan fingerprint density at radius 3 is 2.72 bits per heavy atom. The lowest BCUT2D eigenvalue weighted by molar-refractivity contribution is 0.0464. The van der Waals surface area contributed by atoms with E-state index in [1.54, 1.807) is 7.11 Å². The fourth-order valence-corrected chi connectivity index (χ4v) is 4.23. The van der Waals surface area contributed by atoms with Crippen molar-refractivity contribution in [2.75, 3.05) is 12.0 Å². The van der Waals surface area contributed by atoms with Gasteiger partial charge in [0.2, 0.25) is 0 Å². The molecule has 5 heteroatoms. The van der Waals surface area contributed by atoms with Crippen LogP contribution in [0.25, 0.3) is 0 Å². The highest BCUT2D eigenvalue weighted by molar-refractivity contribution is 7.80. The van der Waals surface area contributed by atoms with Gasteiger partial charge in [-0.1, -0.05) is 31.2 Å². The topological polar surface area (TPSA) is 33.7 Å². The molecule has 2 heterocycles. The largest absolute Gasteiger partial charge is 0.493 e. The Morgan fingerprint density at radius 1 is 1.28 bits per heavy atom. The second-order valence-electron chi connectivity index (χ2n) is 6.72. The van der Waals surface area contributed by atoms with Gasteiger partial charge >= 0.3 is 0 Å². The van der Waals surface area contributed by atoms with E-state index in [1.807, 2.05) is 12.1 Å². The molecule has 2 atom stereocenters. The Kier molecular flexibility index (Phi) is 3.84. The number of fused-ring (bicyclic) bond motifs is 4. The van der Waals surface area contributed by atoms with Crippen LogP contribution in [0.1, 0.15) is 37.4 Å². The summed E-state index contributed by atoms with van der Waals surface area (Å²) in [4.78, 5) is 2.08. The summed E-state index contributed by atoms with van der Waals surface area (Å²) >= 11 is 5.69. The minimum absolute atomic E-state index is 0.127. The molecule has 2 aromatic rings. The quantitative estimate of drug-likeness (QED) is 0.836. The second kappa shape index (κ2) is 5.92. The van der Waals surface area contributed by atoms with Crippen LogP contribution in [0.4, 0.5) is 5.69 Å². The van der Waals surface area contributed by atoms with Gasteiger partial charge in [-0.2, -0.15) is 0 Å². The molecule has 0 aromatic heterocycles. The summed E-state index contributed by atoms with van der Waals surface area (Å²) in [6.07, 6.45) is 1.83. The first-order valence-electron chi connectivity index (χ1n) is 8.61. The summed E-state index contributed by atoms with van der Waals surface area (Å²) in [6.45, 7) is 4.25. The zero-order chi connectivity index (χ0) is 17.6. The van der Waals surface area contributed by atoms with Crippen molar-refractivity contribution in [1.82, 2.24) is 5.32 Å². The number of benzene rings is 2. The number of hydrogen-bond donors (Lipinski definition) is 1. The van der Waals surface area contributed by atoms with Crippen LogP contribution >= 0.6 is 12.2 Å². The molecule has 0 radical (unpaired) electrons. The summed E-state index contributed by atoms with van der Waals surface area (Å²) in [7, 11) is 1.67. The van der Waals surface area contributed by atoms with Crippen molar-refractivity contribution in [2.45, 2.75) is 38.5 Å². The van der Waals surface area contributed by atoms with Gasteiger partial charge in [0, 0.05) is 17.7 Å². The van der Waals surface area contributed by atoms with E-state index in [9.17, 15) is 0 Å². The number of nitrogens with zero attached hydrogens (tertiary/aromatic N) is 1. The molecule has 0 saturated carbocycles. The van der Waals surface area contributed by atoms with E-state index in [1.165, 1.54) is 5.56 Å². The summed E-state index contributed by atoms with van der Waals surface area (Å²) in [5, 5.41) is 4.17. The second-order valence-corrected chi connectivity index (χ2v) is 7.10. The third-order valence-electron chi connectivity index (χ3n) is 5.09. The molecule has 130 valence electrons. The highest BCUT2D eigenvalue weighted by Gasteiger charge is 2.49. The molecule has 0 aliphatic carbocycles. The third kappa shape index (κ3) is 2.54. The van der Waals surface area contributed by atoms with E-state index in [0.717, 1.165) is 35.6 Å². The predicted molar refractivity (Wildman–Crippen MR) is 103 cm³/mol. The maximum absolute atomic E-state index is 6.48. The molecule has 4 rings (SSSR count). The first kappa shape index (κ1) is 16.2. The fraction of sp³-hybridized carbons (Fsp3) is 0.350. The van der Waals surface area contributed by atoms with Gasteiger partial charge in [0.15, 0.2) is 22.3 Å². The first-order chi connectivity index (χ1) is 12.1. The minimum Gasteiger partial charge on any atom is -0.493 e. The molecule has 0 spiro atoms. The molecule has 0 unspecified atom stereocenters. The normalized spacial score (nSPS) is 24.2. The van der Waals surface area contributed by atoms with E-state index in [0.29, 0.717) is 5.11 Å². The lowest BCUT2D eigenvalue weighted by Gasteiger charge is -2.52. The van der Waals surface area contributed by atoms with Crippen LogP contribution in [0.2, 0.25) is 0 Å². The van der Waals surface area contributed by atoms with Gasteiger partial charge in [-0.25, -0.2) is 0 Å². The van der Waals surface area contributed by atoms with Gasteiger partial charge < -0.3 is 14.8 Å². The van der Waals surface area contributed by atoms with Crippen LogP contribution in [0.3, 0.4) is 0 Å². The smallest absolute Gasteiger partial charge is 0.188 e. The predicted octanol–water partition coefficient (Wildman–Crippen LogP) is 4.19. The van der Waals surface area contributed by atoms with E-state index < -0.39 is 5.72 Å². The van der Waals surface area contributed by atoms with Crippen LogP contribution in [0.15, 0.2) is 42.5 Å². The van der Waals surface area contributed by atoms with Gasteiger partial charge in [-0.05, 0) is 49.3 Å². The third-order valence-corrected chi connectivity index (χ3v) is 5.39. The van der Waals surface area contributed by atoms with Crippen molar-refractivity contribution in [2.24, 2.45) is 0 Å². The Hall–Kier alpha value is -2.27. The maximum Gasteiger partial charge on any atom is 0.188 e. The Bertz CT molecular complexity index is 821. The monoisotopic (exact) mass is 354 g/mol. The summed E-state index contributed by atoms with van der Waals surface area (Å²) in [5.41, 5.74) is 2.89. The average molecular weight is 354 g/mol. The van der Waals surface area contributed by atoms with Gasteiger partial charge in [0.1, 0.15) is 0 Å². The van der Waals surface area contributed by atoms with Crippen LogP contribution in [0, 0.1) is 0 Å². The minimum atomic E-state index is -0.553. The number of thiocarbonyl (C=S) groups is 1. The van der Waals surface area contributed by atoms with E-state index in [-0.39, 0.29) is 6.04 Å². The lowest BCUT2D eigenvalue weighted by Crippen LogP contribution is -2.65. The standard InChI is InChI=1S/C20H22N2O2S/c1-4-13-8-10-14(11-9-13)22-19(25)21-16-12-20(22,2)24-18-15(16)6-5-7-17(18)23-3/h5-11,16H,4,12H2,1-3H3,(H,21,25)/t16-,20+/m0/s1. The highest BCUT2D eigenvalue weighted by Crippen LogP contribution is 2.48. The summed E-state index contributed by atoms with van der Waals surface area (Å²) < 4.78 is 12.0. The van der Waals surface area contributed by atoms with Gasteiger partial charge in [-0.15, -0.1) is 0 Å². The number of anilines is 1. The molecule has 4 nitrogen and oxygen atoms in total. The molecule has 1 fully saturated rings. The molecule has 1 N–H and O–H groups in total. The van der Waals surface area contributed by atoms with E-state index >= 15 is 0 Å². The molecule has 1 saturated heterocycles. The maximum atomic E-state index is 6.48. The Morgan fingerprint density at radius 2 is 2.04 bits per heavy atom. The Balaban J connectivity index is 1.78. The van der Waals surface area contributed by atoms with Crippen LogP contribution < -0.4 is 19.7 Å². The van der Waals surface area contributed by atoms with Crippen molar-refractivity contribution < 1.29 is 9.47 Å². The number of methoxy groups -OCH3 is 1. The molecular weight excluding hydrogens is 332 g/mol. The molecule has 0 amide bonds. The number of hydrogen-bond acceptors (Lipinski definition) is 3. The first-order valence-corrected chi connectivity index (χ1v) is 9.02. The van der Waals surface area contributed by atoms with Crippen LogP contribution in [0.5, 0.6) is 11.5 Å². The molecule has 2 aliphatic rings. The number of rotatable bonds is 3. The number of nitrogens with one attached hydrogen (secondary N) is 1. The van der Waals surface area contributed by atoms with Crippen molar-refractivity contribution in [3.63, 3.8) is 0 Å². The number of aryl methyl sites for hydroxylation is 1. The molecule has 25 heavy (non-hydrogen) atoms. The van der Waals surface area contributed by atoms with Gasteiger partial charge in [0.05, 0.1) is 13.2 Å². The highest BCUT2D eigenvalue weighted by atomic mass is 32.1. The van der Waals surface area contributed by atoms with Crippen molar-refractivity contribution in [3.05, 3.63) is 53.6 Å². The molecule has 2 bridgehead atoms. The SMILES string of the molecule is CCc1ccc(N2C(=S)N[C@H]3C[C@@]2(C)Oc2c(OC)cccc23)cc1. The van der Waals surface area contributed by atoms with Crippen molar-refractivity contribution in [3.8, 4) is 11.5 Å². The van der Waals surface area contributed by atoms with Crippen molar-refractivity contribution >= 4 is 23.0 Å². The number of ether oxygens (including phenoxy) is 2. The molecule has 2 aromatic carbocycles. The zero-order valence-corrected chi connectivity index (χ0v) is 15.5. The lowest BCUT2D eigenvalue weighted by atomic mass is 9.90. The Labute approximate surface area is 153 Å². The summed E-state index contributed by atoms with van der Waals surface area (Å²) in [6, 6.07) is 14.6. The molecule has 2 aliphatic heterocycles. The van der Waals surface area contributed by atoms with Gasteiger partial charge in [0.25, 0.3) is 0 Å². The number of para-hydroxylation sites is 1. The van der Waals surface area contributed by atoms with E-state index in [2.05, 4.69) is 54.4 Å². The summed E-state index contributed by atoms with van der Waals surface area (Å²) in [5.74, 6) is 1.55. The fourth-order valence-electron chi connectivity index (χ4n) is 3.79. The van der Waals surface area contributed by atoms with Crippen LogP contribution in [-0.2, 0) is 6.42 Å². The molecular formula is C20H22N2O2S. The van der Waals surface area contributed by atoms with Crippen molar-refractivity contribution in [1.29, 1.82) is 0 Å². The average Bonchev–Trinajstić information content (AvgIpc) is 2.61. The zero-order valence-electron chi connectivity index (χ0n) is 14.7.